The number of nitrogens with zero attached hydrogens (tertiary/aromatic N) is 2. The van der Waals surface area contributed by atoms with Crippen LogP contribution in [0.3, 0.4) is 0 Å². The van der Waals surface area contributed by atoms with Gasteiger partial charge >= 0.3 is 16.8 Å². The van der Waals surface area contributed by atoms with Gasteiger partial charge in [0.05, 0.1) is 12.1 Å². The summed E-state index contributed by atoms with van der Waals surface area (Å²) in [4.78, 5) is 27.6. The molecule has 0 amide bonds. The summed E-state index contributed by atoms with van der Waals surface area (Å²) in [6, 6.07) is 9.22. The van der Waals surface area contributed by atoms with Gasteiger partial charge in [-0.25, -0.2) is 0 Å². The van der Waals surface area contributed by atoms with Gasteiger partial charge in [-0.05, 0) is 125 Å². The van der Waals surface area contributed by atoms with Gasteiger partial charge in [-0.2, -0.15) is 0 Å². The van der Waals surface area contributed by atoms with Crippen molar-refractivity contribution < 1.29 is 46.8 Å². The second-order valence-corrected chi connectivity index (χ2v) is 12.8. The fourth-order valence-electron chi connectivity index (χ4n) is 5.67. The average Bonchev–Trinajstić information content (AvgIpc) is 3.04. The maximum absolute atomic E-state index is 10.9. The number of rotatable bonds is 16. The van der Waals surface area contributed by atoms with Crippen molar-refractivity contribution in [1.29, 1.82) is 0 Å². The molecule has 9 heteroatoms. The predicted molar refractivity (Wildman–Crippen MR) is 193 cm³/mol. The minimum atomic E-state index is -1.08. The molecule has 2 N–H and O–H groups in total. The van der Waals surface area contributed by atoms with Crippen LogP contribution < -0.4 is 10.2 Å². The minimum Gasteiger partial charge on any atom is -0.550 e. The SMILES string of the molecule is CC(=O)[O-].CC(=O)[O-].CCCCc1cc(C=NC2CCC(N=Cc3cc(CCCC)cc(CCCC)c3O)CC2)c(O)c(CCCC)c1.[Co+2]. The van der Waals surface area contributed by atoms with Crippen LogP contribution in [0.25, 0.3) is 0 Å². The zero-order valence-electron chi connectivity index (χ0n) is 30.7. The van der Waals surface area contributed by atoms with Crippen LogP contribution >= 0.6 is 0 Å². The van der Waals surface area contributed by atoms with Crippen LogP contribution in [0.15, 0.2) is 34.3 Å². The van der Waals surface area contributed by atoms with E-state index in [1.165, 1.54) is 36.8 Å². The van der Waals surface area contributed by atoms with E-state index in [2.05, 4.69) is 52.0 Å². The van der Waals surface area contributed by atoms with Crippen molar-refractivity contribution in [2.24, 2.45) is 9.98 Å². The molecule has 1 aliphatic carbocycles. The van der Waals surface area contributed by atoms with Crippen LogP contribution in [0.4, 0.5) is 0 Å². The van der Waals surface area contributed by atoms with Crippen molar-refractivity contribution in [3.63, 3.8) is 0 Å². The average molecular weight is 724 g/mol. The number of hydrogen-bond donors (Lipinski definition) is 2. The zero-order valence-corrected chi connectivity index (χ0v) is 31.7. The largest absolute Gasteiger partial charge is 2.00 e. The van der Waals surface area contributed by atoms with Crippen molar-refractivity contribution in [1.82, 2.24) is 0 Å². The van der Waals surface area contributed by atoms with E-state index in [1.807, 2.05) is 12.4 Å². The molecule has 3 rings (SSSR count). The fraction of sp³-hybridized carbons (Fsp3) is 0.600. The van der Waals surface area contributed by atoms with Crippen molar-refractivity contribution >= 4 is 24.4 Å². The summed E-state index contributed by atoms with van der Waals surface area (Å²) in [6.07, 6.45) is 20.9. The van der Waals surface area contributed by atoms with Gasteiger partial charge in [0.2, 0.25) is 0 Å². The first-order chi connectivity index (χ1) is 22.9. The number of benzene rings is 2. The molecule has 0 bridgehead atoms. The van der Waals surface area contributed by atoms with Gasteiger partial charge in [-0.15, -0.1) is 0 Å². The van der Waals surface area contributed by atoms with Gasteiger partial charge in [-0.3, -0.25) is 9.98 Å². The number of carbonyl (C=O) groups is 2. The Balaban J connectivity index is 0.00000230. The van der Waals surface area contributed by atoms with E-state index in [0.29, 0.717) is 11.5 Å². The van der Waals surface area contributed by atoms with Crippen molar-refractivity contribution in [3.05, 3.63) is 57.6 Å². The molecular weight excluding hydrogens is 663 g/mol. The second-order valence-electron chi connectivity index (χ2n) is 12.8. The number of phenolic OH excluding ortho intramolecular Hbond substituents is 2. The van der Waals surface area contributed by atoms with E-state index >= 15 is 0 Å². The first kappa shape index (κ1) is 45.8. The molecule has 0 spiro atoms. The van der Waals surface area contributed by atoms with E-state index in [4.69, 9.17) is 29.8 Å². The van der Waals surface area contributed by atoms with Crippen LogP contribution in [-0.2, 0) is 52.1 Å². The van der Waals surface area contributed by atoms with Gasteiger partial charge in [-0.1, -0.05) is 65.5 Å². The maximum atomic E-state index is 10.9. The molecule has 1 radical (unpaired) electrons. The summed E-state index contributed by atoms with van der Waals surface area (Å²) in [5.74, 6) is -1.34. The zero-order chi connectivity index (χ0) is 35.9. The van der Waals surface area contributed by atoms with Crippen LogP contribution in [0.2, 0.25) is 0 Å². The normalized spacial score (nSPS) is 15.6. The molecule has 0 unspecified atom stereocenters. The number of aromatic hydroxyl groups is 2. The Labute approximate surface area is 305 Å². The molecule has 1 saturated carbocycles. The molecule has 49 heavy (non-hydrogen) atoms. The molecule has 8 nitrogen and oxygen atoms in total. The Morgan fingerprint density at radius 1 is 0.633 bits per heavy atom. The number of carboxylic acid groups (broad SMARTS) is 2. The summed E-state index contributed by atoms with van der Waals surface area (Å²) in [5, 5.41) is 39.7. The van der Waals surface area contributed by atoms with Gasteiger partial charge in [0.15, 0.2) is 0 Å². The molecule has 2 aromatic carbocycles. The summed E-state index contributed by atoms with van der Waals surface area (Å²) in [7, 11) is 0. The van der Waals surface area contributed by atoms with Gasteiger partial charge in [0.25, 0.3) is 0 Å². The number of aryl methyl sites for hydroxylation is 4. The first-order valence-electron chi connectivity index (χ1n) is 18.1. The van der Waals surface area contributed by atoms with Crippen LogP contribution in [0.5, 0.6) is 11.5 Å². The Morgan fingerprint density at radius 3 is 1.20 bits per heavy atom. The molecule has 0 saturated heterocycles. The molecule has 0 heterocycles. The third-order valence-corrected chi connectivity index (χ3v) is 8.31. The molecule has 0 aromatic heterocycles. The molecule has 2 aromatic rings. The number of aliphatic imine (C=N–C) groups is 2. The molecular formula is C40H60CoN2O6. The summed E-state index contributed by atoms with van der Waals surface area (Å²) in [5.41, 5.74) is 6.49. The second kappa shape index (κ2) is 26.7. The third-order valence-electron chi connectivity index (χ3n) is 8.31. The fourth-order valence-corrected chi connectivity index (χ4v) is 5.67. The van der Waals surface area contributed by atoms with Gasteiger partial charge < -0.3 is 30.0 Å². The molecule has 1 aliphatic rings. The van der Waals surface area contributed by atoms with E-state index < -0.39 is 11.9 Å². The minimum absolute atomic E-state index is 0. The van der Waals surface area contributed by atoms with Crippen LogP contribution in [0.1, 0.15) is 152 Å². The Hall–Kier alpha value is -3.17. The quantitative estimate of drug-likeness (QED) is 0.182. The monoisotopic (exact) mass is 723 g/mol. The van der Waals surface area contributed by atoms with Crippen molar-refractivity contribution in [2.45, 2.75) is 156 Å². The standard InChI is InChI=1S/C36H54N2O2.2C2H4O2.Co/c1-5-9-13-27-21-29(15-11-7-3)35(39)31(23-27)25-37-33-17-19-34(20-18-33)38-26-32-24-28(14-10-6-2)22-30(36(32)40)16-12-8-4;2*1-2(3)4;/h21-26,33-34,39-40H,5-20H2,1-4H3;2*1H3,(H,3,4);/q;;;+2/p-2. The molecule has 0 aliphatic heterocycles. The summed E-state index contributed by atoms with van der Waals surface area (Å²) in [6.45, 7) is 10.8. The number of aliphatic carboxylic acids is 2. The summed E-state index contributed by atoms with van der Waals surface area (Å²) >= 11 is 0. The van der Waals surface area contributed by atoms with E-state index in [-0.39, 0.29) is 28.9 Å². The van der Waals surface area contributed by atoms with E-state index in [1.54, 1.807) is 0 Å². The van der Waals surface area contributed by atoms with Gasteiger partial charge in [0, 0.05) is 35.5 Å². The number of hydrogen-bond acceptors (Lipinski definition) is 8. The molecule has 0 atom stereocenters. The number of phenols is 2. The Bertz CT molecular complexity index is 1190. The molecule has 1 fully saturated rings. The smallest absolute Gasteiger partial charge is 0.550 e. The van der Waals surface area contributed by atoms with Crippen molar-refractivity contribution in [3.8, 4) is 11.5 Å². The van der Waals surface area contributed by atoms with E-state index in [0.717, 1.165) is 113 Å². The maximum Gasteiger partial charge on any atom is 2.00 e. The number of unbranched alkanes of at least 4 members (excludes halogenated alkanes) is 4. The number of carbonyl (C=O) groups excluding carboxylic acids is 2. The van der Waals surface area contributed by atoms with Crippen molar-refractivity contribution in [2.75, 3.05) is 0 Å². The van der Waals surface area contributed by atoms with Crippen LogP contribution in [-0.4, -0.2) is 46.7 Å². The number of carboxylic acids is 2. The van der Waals surface area contributed by atoms with Gasteiger partial charge in [0.1, 0.15) is 11.5 Å². The topological polar surface area (TPSA) is 145 Å². The Kier molecular flexibility index (Phi) is 24.9. The molecule has 275 valence electrons. The van der Waals surface area contributed by atoms with E-state index in [9.17, 15) is 10.2 Å². The third kappa shape index (κ3) is 19.6. The Morgan fingerprint density at radius 2 is 0.918 bits per heavy atom. The predicted octanol–water partition coefficient (Wildman–Crippen LogP) is 6.83. The van der Waals surface area contributed by atoms with Crippen LogP contribution in [0, 0.1) is 0 Å². The summed E-state index contributed by atoms with van der Waals surface area (Å²) < 4.78 is 0. The first-order valence-corrected chi connectivity index (χ1v) is 18.1.